The Morgan fingerprint density at radius 1 is 1.03 bits per heavy atom. The summed E-state index contributed by atoms with van der Waals surface area (Å²) in [6.45, 7) is 2.85. The molecule has 2 aromatic rings. The molecule has 6 nitrogen and oxygen atoms in total. The predicted molar refractivity (Wildman–Crippen MR) is 105 cm³/mol. The molecule has 0 saturated carbocycles. The number of fused-ring (bicyclic) bond motifs is 1. The van der Waals surface area contributed by atoms with E-state index in [9.17, 15) is 4.79 Å². The van der Waals surface area contributed by atoms with Gasteiger partial charge < -0.3 is 23.7 Å². The zero-order valence-electron chi connectivity index (χ0n) is 16.4. The minimum Gasteiger partial charge on any atom is -0.464 e. The van der Waals surface area contributed by atoms with E-state index in [1.807, 2.05) is 60.7 Å². The molecular formula is C23H26O6. The molecule has 154 valence electrons. The quantitative estimate of drug-likeness (QED) is 0.695. The van der Waals surface area contributed by atoms with Gasteiger partial charge in [0.1, 0.15) is 12.2 Å². The molecule has 0 N–H and O–H groups in total. The van der Waals surface area contributed by atoms with E-state index >= 15 is 0 Å². The average molecular weight is 398 g/mol. The lowest BCUT2D eigenvalue weighted by Gasteiger charge is -2.45. The van der Waals surface area contributed by atoms with Gasteiger partial charge in [-0.25, -0.2) is 4.79 Å². The minimum absolute atomic E-state index is 0.307. The summed E-state index contributed by atoms with van der Waals surface area (Å²) in [5, 5.41) is 0. The first-order valence-corrected chi connectivity index (χ1v) is 10.0. The summed E-state index contributed by atoms with van der Waals surface area (Å²) in [6, 6.07) is 19.7. The van der Waals surface area contributed by atoms with Crippen LogP contribution in [-0.2, 0) is 35.1 Å². The maximum Gasteiger partial charge on any atom is 0.335 e. The van der Waals surface area contributed by atoms with Crippen LogP contribution in [0.4, 0.5) is 0 Å². The van der Waals surface area contributed by atoms with Gasteiger partial charge in [-0.3, -0.25) is 0 Å². The molecule has 0 unspecified atom stereocenters. The number of benzene rings is 2. The summed E-state index contributed by atoms with van der Waals surface area (Å²) >= 11 is 0. The van der Waals surface area contributed by atoms with Crippen LogP contribution in [0.15, 0.2) is 60.7 Å². The van der Waals surface area contributed by atoms with Crippen molar-refractivity contribution in [3.63, 3.8) is 0 Å². The van der Waals surface area contributed by atoms with Crippen LogP contribution in [-0.4, -0.2) is 43.6 Å². The third-order valence-electron chi connectivity index (χ3n) is 5.14. The lowest BCUT2D eigenvalue weighted by atomic mass is 9.96. The van der Waals surface area contributed by atoms with Gasteiger partial charge in [0.15, 0.2) is 12.4 Å². The van der Waals surface area contributed by atoms with Gasteiger partial charge in [0.25, 0.3) is 0 Å². The zero-order valence-corrected chi connectivity index (χ0v) is 16.4. The van der Waals surface area contributed by atoms with Crippen LogP contribution < -0.4 is 0 Å². The van der Waals surface area contributed by atoms with Crippen molar-refractivity contribution >= 4 is 5.97 Å². The summed E-state index contributed by atoms with van der Waals surface area (Å²) in [5.74, 6) is -0.371. The van der Waals surface area contributed by atoms with Crippen molar-refractivity contribution in [1.29, 1.82) is 0 Å². The topological polar surface area (TPSA) is 63.2 Å². The van der Waals surface area contributed by atoms with Crippen LogP contribution >= 0.6 is 0 Å². The summed E-state index contributed by atoms with van der Waals surface area (Å²) in [7, 11) is 0. The Morgan fingerprint density at radius 3 is 2.48 bits per heavy atom. The van der Waals surface area contributed by atoms with Crippen LogP contribution in [0.1, 0.15) is 30.8 Å². The molecule has 2 saturated heterocycles. The van der Waals surface area contributed by atoms with Gasteiger partial charge in [0.2, 0.25) is 0 Å². The van der Waals surface area contributed by atoms with Crippen LogP contribution in [0.2, 0.25) is 0 Å². The van der Waals surface area contributed by atoms with Crippen LogP contribution in [0.25, 0.3) is 0 Å². The molecule has 0 aliphatic carbocycles. The van der Waals surface area contributed by atoms with Crippen molar-refractivity contribution in [2.75, 3.05) is 13.2 Å². The first-order chi connectivity index (χ1) is 14.2. The van der Waals surface area contributed by atoms with Crippen LogP contribution in [0.5, 0.6) is 0 Å². The lowest BCUT2D eigenvalue weighted by molar-refractivity contribution is -0.314. The fourth-order valence-corrected chi connectivity index (χ4v) is 3.71. The molecule has 29 heavy (non-hydrogen) atoms. The molecule has 0 radical (unpaired) electrons. The summed E-state index contributed by atoms with van der Waals surface area (Å²) in [6.07, 6.45) is -1.81. The predicted octanol–water partition coefficient (Wildman–Crippen LogP) is 3.41. The van der Waals surface area contributed by atoms with E-state index in [0.29, 0.717) is 26.2 Å². The second kappa shape index (κ2) is 9.50. The Kier molecular flexibility index (Phi) is 6.56. The average Bonchev–Trinajstić information content (AvgIpc) is 2.78. The maximum absolute atomic E-state index is 12.3. The Balaban J connectivity index is 1.49. The number of hydrogen-bond donors (Lipinski definition) is 0. The number of hydrogen-bond acceptors (Lipinski definition) is 6. The van der Waals surface area contributed by atoms with E-state index in [2.05, 4.69) is 0 Å². The third kappa shape index (κ3) is 4.85. The Bertz CT molecular complexity index is 780. The van der Waals surface area contributed by atoms with Crippen molar-refractivity contribution in [3.8, 4) is 0 Å². The molecule has 2 aromatic carbocycles. The SMILES string of the molecule is CCOC(=O)[C@@H]1C[C@@H](OCc2ccccc2)[C@@H]2O[C@H](c3ccccc3)OC[C@H]2O1. The Labute approximate surface area is 170 Å². The molecule has 0 amide bonds. The highest BCUT2D eigenvalue weighted by atomic mass is 16.7. The highest BCUT2D eigenvalue weighted by Crippen LogP contribution is 2.35. The monoisotopic (exact) mass is 398 g/mol. The van der Waals surface area contributed by atoms with Crippen molar-refractivity contribution < 1.29 is 28.5 Å². The Morgan fingerprint density at radius 2 is 1.76 bits per heavy atom. The number of rotatable bonds is 6. The Hall–Kier alpha value is -2.25. The van der Waals surface area contributed by atoms with Crippen molar-refractivity contribution in [2.45, 2.75) is 50.7 Å². The van der Waals surface area contributed by atoms with Gasteiger partial charge in [0.05, 0.1) is 25.9 Å². The van der Waals surface area contributed by atoms with Crippen molar-refractivity contribution in [1.82, 2.24) is 0 Å². The number of carbonyl (C=O) groups excluding carboxylic acids is 1. The molecular weight excluding hydrogens is 372 g/mol. The maximum atomic E-state index is 12.3. The molecule has 2 fully saturated rings. The highest BCUT2D eigenvalue weighted by molar-refractivity contribution is 5.74. The molecule has 0 spiro atoms. The minimum atomic E-state index is -0.683. The molecule has 2 aliphatic heterocycles. The first kappa shape index (κ1) is 20.0. The fourth-order valence-electron chi connectivity index (χ4n) is 3.71. The normalized spacial score (nSPS) is 29.1. The van der Waals surface area contributed by atoms with Crippen LogP contribution in [0.3, 0.4) is 0 Å². The number of esters is 1. The van der Waals surface area contributed by atoms with Gasteiger partial charge in [0, 0.05) is 12.0 Å². The van der Waals surface area contributed by atoms with E-state index in [1.165, 1.54) is 0 Å². The van der Waals surface area contributed by atoms with E-state index in [4.69, 9.17) is 23.7 Å². The van der Waals surface area contributed by atoms with Crippen LogP contribution in [0, 0.1) is 0 Å². The molecule has 4 rings (SSSR count). The first-order valence-electron chi connectivity index (χ1n) is 10.0. The molecule has 2 aliphatic rings. The van der Waals surface area contributed by atoms with Gasteiger partial charge in [-0.15, -0.1) is 0 Å². The van der Waals surface area contributed by atoms with Crippen molar-refractivity contribution in [2.24, 2.45) is 0 Å². The highest BCUT2D eigenvalue weighted by Gasteiger charge is 2.47. The number of ether oxygens (including phenoxy) is 5. The molecule has 6 heteroatoms. The molecule has 5 atom stereocenters. The van der Waals surface area contributed by atoms with E-state index in [-0.39, 0.29) is 24.3 Å². The second-order valence-electron chi connectivity index (χ2n) is 7.16. The molecule has 0 bridgehead atoms. The summed E-state index contributed by atoms with van der Waals surface area (Å²) < 4.78 is 29.5. The van der Waals surface area contributed by atoms with Gasteiger partial charge in [-0.2, -0.15) is 0 Å². The van der Waals surface area contributed by atoms with Gasteiger partial charge in [-0.1, -0.05) is 60.7 Å². The van der Waals surface area contributed by atoms with Crippen molar-refractivity contribution in [3.05, 3.63) is 71.8 Å². The summed E-state index contributed by atoms with van der Waals surface area (Å²) in [5.41, 5.74) is 2.01. The van der Waals surface area contributed by atoms with Gasteiger partial charge >= 0.3 is 5.97 Å². The second-order valence-corrected chi connectivity index (χ2v) is 7.16. The summed E-state index contributed by atoms with van der Waals surface area (Å²) in [4.78, 5) is 12.3. The van der Waals surface area contributed by atoms with E-state index in [1.54, 1.807) is 6.92 Å². The largest absolute Gasteiger partial charge is 0.464 e. The molecule has 0 aromatic heterocycles. The molecule has 2 heterocycles. The number of carbonyl (C=O) groups is 1. The lowest BCUT2D eigenvalue weighted by Crippen LogP contribution is -2.57. The van der Waals surface area contributed by atoms with E-state index in [0.717, 1.165) is 11.1 Å². The van der Waals surface area contributed by atoms with Gasteiger partial charge in [-0.05, 0) is 12.5 Å². The standard InChI is InChI=1S/C23H26O6/c1-2-25-22(24)19-13-18(26-14-16-9-5-3-6-10-16)21-20(28-19)15-27-23(29-21)17-11-7-4-8-12-17/h3-12,18-21,23H,2,13-15H2,1H3/t18-,19+,20-,21+,23-/m1/s1. The third-order valence-corrected chi connectivity index (χ3v) is 5.14. The zero-order chi connectivity index (χ0) is 20.1. The smallest absolute Gasteiger partial charge is 0.335 e. The van der Waals surface area contributed by atoms with E-state index < -0.39 is 12.4 Å². The fraction of sp³-hybridized carbons (Fsp3) is 0.435.